The third-order valence-corrected chi connectivity index (χ3v) is 5.71. The lowest BCUT2D eigenvalue weighted by Crippen LogP contribution is -2.23. The summed E-state index contributed by atoms with van der Waals surface area (Å²) in [7, 11) is 0. The summed E-state index contributed by atoms with van der Waals surface area (Å²) in [6.07, 6.45) is 7.82. The Bertz CT molecular complexity index is 865. The molecule has 0 aliphatic heterocycles. The first kappa shape index (κ1) is 25.1. The number of aliphatic hydroxyl groups excluding tert-OH is 1. The number of ether oxygens (including phenoxy) is 1. The molecule has 0 radical (unpaired) electrons. The van der Waals surface area contributed by atoms with Crippen molar-refractivity contribution in [1.29, 1.82) is 0 Å². The van der Waals surface area contributed by atoms with Crippen molar-refractivity contribution in [2.45, 2.75) is 26.7 Å². The van der Waals surface area contributed by atoms with Gasteiger partial charge < -0.3 is 14.3 Å². The highest BCUT2D eigenvalue weighted by Crippen LogP contribution is 2.24. The van der Waals surface area contributed by atoms with Crippen LogP contribution >= 0.6 is 11.8 Å². The van der Waals surface area contributed by atoms with Gasteiger partial charge in [0, 0.05) is 35.0 Å². The lowest BCUT2D eigenvalue weighted by Gasteiger charge is -2.19. The normalized spacial score (nSPS) is 13.4. The van der Waals surface area contributed by atoms with Gasteiger partial charge in [-0.3, -0.25) is 14.3 Å². The molecule has 8 heteroatoms. The number of rotatable bonds is 15. The van der Waals surface area contributed by atoms with Gasteiger partial charge in [-0.05, 0) is 44.4 Å². The molecule has 1 N–H and O–H groups in total. The Morgan fingerprint density at radius 1 is 1.45 bits per heavy atom. The number of aromatic nitrogens is 1. The van der Waals surface area contributed by atoms with Gasteiger partial charge in [-0.15, -0.1) is 11.8 Å². The molecular weight excluding hydrogens is 417 g/mol. The van der Waals surface area contributed by atoms with Crippen LogP contribution in [0, 0.1) is 5.92 Å². The Kier molecular flexibility index (Phi) is 11.3. The molecule has 0 saturated heterocycles. The molecular formula is C23H32FN3O3S. The maximum atomic E-state index is 12.7. The van der Waals surface area contributed by atoms with Crippen LogP contribution in [0.25, 0.3) is 17.2 Å². The second-order valence-electron chi connectivity index (χ2n) is 7.08. The Labute approximate surface area is 187 Å². The number of alkyl halides is 1. The molecule has 2 rings (SSSR count). The van der Waals surface area contributed by atoms with E-state index in [-0.39, 0.29) is 13.2 Å². The summed E-state index contributed by atoms with van der Waals surface area (Å²) in [5, 5.41) is 9.07. The van der Waals surface area contributed by atoms with Crippen LogP contribution in [0.5, 0.6) is 5.75 Å². The number of hydrogen-bond acceptors (Lipinski definition) is 7. The highest BCUT2D eigenvalue weighted by molar-refractivity contribution is 8.03. The average Bonchev–Trinajstić information content (AvgIpc) is 3.20. The van der Waals surface area contributed by atoms with Gasteiger partial charge in [0.15, 0.2) is 5.58 Å². The maximum absolute atomic E-state index is 12.7. The minimum absolute atomic E-state index is 0.104. The van der Waals surface area contributed by atoms with Crippen LogP contribution in [0.3, 0.4) is 0 Å². The summed E-state index contributed by atoms with van der Waals surface area (Å²) in [5.74, 6) is 1.36. The van der Waals surface area contributed by atoms with Gasteiger partial charge in [0.05, 0.1) is 19.9 Å². The van der Waals surface area contributed by atoms with E-state index in [0.717, 1.165) is 23.9 Å². The number of allylic oxidation sites excluding steroid dienone is 1. The second-order valence-corrected chi connectivity index (χ2v) is 8.10. The number of thioether (sulfide) groups is 1. The number of unbranched alkanes of at least 4 members (excludes halogenated alkanes) is 1. The molecule has 0 aliphatic carbocycles. The van der Waals surface area contributed by atoms with Crippen molar-refractivity contribution in [3.05, 3.63) is 41.3 Å². The molecule has 0 saturated carbocycles. The first-order valence-electron chi connectivity index (χ1n) is 10.5. The fourth-order valence-electron chi connectivity index (χ4n) is 2.68. The van der Waals surface area contributed by atoms with E-state index >= 15 is 0 Å². The molecule has 0 spiro atoms. The van der Waals surface area contributed by atoms with E-state index in [1.807, 2.05) is 6.08 Å². The molecule has 1 heterocycles. The zero-order valence-electron chi connectivity index (χ0n) is 18.3. The Balaban J connectivity index is 2.02. The molecule has 170 valence electrons. The van der Waals surface area contributed by atoms with Crippen LogP contribution in [0.2, 0.25) is 0 Å². The fourth-order valence-corrected chi connectivity index (χ4v) is 3.63. The number of nitrogens with zero attached hydrogens (tertiary/aromatic N) is 3. The summed E-state index contributed by atoms with van der Waals surface area (Å²) < 4.78 is 24.1. The zero-order valence-corrected chi connectivity index (χ0v) is 19.1. The van der Waals surface area contributed by atoms with Gasteiger partial charge in [-0.2, -0.15) is 0 Å². The standard InChI is InChI=1S/C23H32FN3O3S/c1-4-6-11-27(5-2)17-31-20(14-25-3)8-10-23-26-21-9-7-19(12-22(21)30-23)29-16-18(13-24)15-28/h7-10,12,14,18,28H,3-6,11,13,15-17H2,1-2H3/b10-8+,20-14-. The zero-order chi connectivity index (χ0) is 22.5. The van der Waals surface area contributed by atoms with Gasteiger partial charge in [0.1, 0.15) is 11.3 Å². The van der Waals surface area contributed by atoms with E-state index in [4.69, 9.17) is 14.3 Å². The minimum atomic E-state index is -0.627. The molecule has 1 atom stereocenters. The number of hydrogen-bond donors (Lipinski definition) is 1. The molecule has 0 aliphatic rings. The lowest BCUT2D eigenvalue weighted by atomic mass is 10.2. The molecule has 6 nitrogen and oxygen atoms in total. The number of halogens is 1. The highest BCUT2D eigenvalue weighted by Gasteiger charge is 2.10. The maximum Gasteiger partial charge on any atom is 0.220 e. The van der Waals surface area contributed by atoms with Gasteiger partial charge >= 0.3 is 0 Å². The van der Waals surface area contributed by atoms with Gasteiger partial charge in [-0.25, -0.2) is 4.98 Å². The topological polar surface area (TPSA) is 71.1 Å². The smallest absolute Gasteiger partial charge is 0.220 e. The van der Waals surface area contributed by atoms with E-state index in [1.54, 1.807) is 42.2 Å². The lowest BCUT2D eigenvalue weighted by molar-refractivity contribution is 0.140. The summed E-state index contributed by atoms with van der Waals surface area (Å²) in [6, 6.07) is 5.26. The summed E-state index contributed by atoms with van der Waals surface area (Å²) in [6.45, 7) is 9.23. The third-order valence-electron chi connectivity index (χ3n) is 4.64. The molecule has 0 amide bonds. The van der Waals surface area contributed by atoms with Gasteiger partial charge in [-0.1, -0.05) is 20.3 Å². The summed E-state index contributed by atoms with van der Waals surface area (Å²) in [4.78, 5) is 11.7. The number of benzene rings is 1. The molecule has 1 aromatic heterocycles. The first-order chi connectivity index (χ1) is 15.1. The predicted molar refractivity (Wildman–Crippen MR) is 127 cm³/mol. The molecule has 1 aromatic carbocycles. The molecule has 2 aromatic rings. The third kappa shape index (κ3) is 8.47. The van der Waals surface area contributed by atoms with Crippen molar-refractivity contribution in [3.63, 3.8) is 0 Å². The predicted octanol–water partition coefficient (Wildman–Crippen LogP) is 5.15. The Morgan fingerprint density at radius 3 is 2.97 bits per heavy atom. The molecule has 1 unspecified atom stereocenters. The van der Waals surface area contributed by atoms with Crippen molar-refractivity contribution >= 4 is 35.7 Å². The number of oxazole rings is 1. The summed E-state index contributed by atoms with van der Waals surface area (Å²) in [5.41, 5.74) is 1.28. The monoisotopic (exact) mass is 449 g/mol. The molecule has 0 fully saturated rings. The van der Waals surface area contributed by atoms with Crippen LogP contribution in [-0.2, 0) is 0 Å². The molecule has 31 heavy (non-hydrogen) atoms. The van der Waals surface area contributed by atoms with Gasteiger partial charge in [0.2, 0.25) is 5.89 Å². The van der Waals surface area contributed by atoms with E-state index in [0.29, 0.717) is 22.7 Å². The summed E-state index contributed by atoms with van der Waals surface area (Å²) >= 11 is 1.70. The fraction of sp³-hybridized carbons (Fsp3) is 0.478. The molecule has 0 bridgehead atoms. The largest absolute Gasteiger partial charge is 0.493 e. The minimum Gasteiger partial charge on any atom is -0.493 e. The second kappa shape index (κ2) is 14.0. The SMILES string of the molecule is C=N/C=C(/C=C/c1nc2ccc(OCC(CO)CF)cc2o1)SCN(CC)CCCC. The number of aliphatic imine (C=N–C) groups is 1. The van der Waals surface area contributed by atoms with Crippen LogP contribution in [0.4, 0.5) is 4.39 Å². The number of aliphatic hydroxyl groups is 1. The number of fused-ring (bicyclic) bond motifs is 1. The van der Waals surface area contributed by atoms with Crippen LogP contribution < -0.4 is 4.74 Å². The first-order valence-corrected chi connectivity index (χ1v) is 11.5. The van der Waals surface area contributed by atoms with E-state index in [2.05, 4.69) is 35.4 Å². The van der Waals surface area contributed by atoms with Crippen molar-refractivity contribution in [3.8, 4) is 5.75 Å². The van der Waals surface area contributed by atoms with Crippen LogP contribution in [0.1, 0.15) is 32.6 Å². The average molecular weight is 450 g/mol. The van der Waals surface area contributed by atoms with Crippen molar-refractivity contribution in [1.82, 2.24) is 9.88 Å². The van der Waals surface area contributed by atoms with Crippen molar-refractivity contribution in [2.24, 2.45) is 10.9 Å². The van der Waals surface area contributed by atoms with Crippen LogP contribution in [0.15, 0.2) is 44.8 Å². The Morgan fingerprint density at radius 2 is 2.29 bits per heavy atom. The van der Waals surface area contributed by atoms with Crippen molar-refractivity contribution < 1.29 is 18.7 Å². The Hall–Kier alpha value is -2.16. The van der Waals surface area contributed by atoms with E-state index in [9.17, 15) is 4.39 Å². The van der Waals surface area contributed by atoms with E-state index < -0.39 is 12.6 Å². The van der Waals surface area contributed by atoms with Crippen molar-refractivity contribution in [2.75, 3.05) is 38.9 Å². The van der Waals surface area contributed by atoms with E-state index in [1.165, 1.54) is 12.8 Å². The highest BCUT2D eigenvalue weighted by atomic mass is 32.2. The quantitative estimate of drug-likeness (QED) is 0.230. The van der Waals surface area contributed by atoms with Gasteiger partial charge in [0.25, 0.3) is 0 Å². The van der Waals surface area contributed by atoms with Crippen LogP contribution in [-0.4, -0.2) is 60.6 Å².